The highest BCUT2D eigenvalue weighted by molar-refractivity contribution is 7.80. The molecular formula is C11H22O2S. The molecule has 0 heterocycles. The molecule has 1 unspecified atom stereocenters. The normalized spacial score (nSPS) is 12.7. The number of carbonyl (C=O) groups is 1. The number of thiol groups is 1. The Bertz CT molecular complexity index is 148. The van der Waals surface area contributed by atoms with E-state index < -0.39 is 5.97 Å². The van der Waals surface area contributed by atoms with Crippen LogP contribution < -0.4 is 0 Å². The van der Waals surface area contributed by atoms with Gasteiger partial charge in [-0.1, -0.05) is 39.0 Å². The molecule has 0 radical (unpaired) electrons. The van der Waals surface area contributed by atoms with Gasteiger partial charge in [0.05, 0.1) is 5.92 Å². The van der Waals surface area contributed by atoms with Gasteiger partial charge < -0.3 is 5.11 Å². The van der Waals surface area contributed by atoms with E-state index in [0.29, 0.717) is 12.2 Å². The van der Waals surface area contributed by atoms with Crippen molar-refractivity contribution in [2.75, 3.05) is 5.75 Å². The first-order chi connectivity index (χ1) is 6.72. The van der Waals surface area contributed by atoms with Crippen LogP contribution in [-0.2, 0) is 4.79 Å². The third-order valence-electron chi connectivity index (χ3n) is 2.48. The molecule has 0 bridgehead atoms. The molecule has 0 amide bonds. The predicted octanol–water partition coefficient (Wildman–Crippen LogP) is 3.37. The summed E-state index contributed by atoms with van der Waals surface area (Å²) in [7, 11) is 0. The lowest BCUT2D eigenvalue weighted by Gasteiger charge is -2.09. The number of carboxylic acids is 1. The van der Waals surface area contributed by atoms with Gasteiger partial charge in [0.15, 0.2) is 0 Å². The summed E-state index contributed by atoms with van der Waals surface area (Å²) in [5.74, 6) is -0.157. The van der Waals surface area contributed by atoms with Crippen LogP contribution in [0.4, 0.5) is 0 Å². The first-order valence-corrected chi connectivity index (χ1v) is 6.19. The number of hydrogen-bond acceptors (Lipinski definition) is 2. The third kappa shape index (κ3) is 7.25. The minimum atomic E-state index is -0.658. The van der Waals surface area contributed by atoms with E-state index in [1.807, 2.05) is 0 Å². The average Bonchev–Trinajstić information content (AvgIpc) is 2.15. The van der Waals surface area contributed by atoms with Crippen molar-refractivity contribution < 1.29 is 9.90 Å². The summed E-state index contributed by atoms with van der Waals surface area (Å²) >= 11 is 4.07. The molecule has 14 heavy (non-hydrogen) atoms. The molecule has 0 aromatic heterocycles. The Morgan fingerprint density at radius 3 is 2.36 bits per heavy atom. The van der Waals surface area contributed by atoms with Crippen molar-refractivity contribution in [3.05, 3.63) is 0 Å². The van der Waals surface area contributed by atoms with E-state index in [1.165, 1.54) is 25.7 Å². The highest BCUT2D eigenvalue weighted by Gasteiger charge is 2.15. The van der Waals surface area contributed by atoms with Crippen LogP contribution in [0.1, 0.15) is 51.9 Å². The second-order valence-corrected chi connectivity index (χ2v) is 4.20. The number of hydrogen-bond donors (Lipinski definition) is 2. The standard InChI is InChI=1S/C11H22O2S/c1-2-3-4-5-6-7-10(8-9-14)11(12)13/h10,14H,2-9H2,1H3,(H,12,13). The second-order valence-electron chi connectivity index (χ2n) is 3.75. The van der Waals surface area contributed by atoms with E-state index in [9.17, 15) is 4.79 Å². The molecule has 2 nitrogen and oxygen atoms in total. The zero-order chi connectivity index (χ0) is 10.8. The van der Waals surface area contributed by atoms with Gasteiger partial charge in [0.25, 0.3) is 0 Å². The topological polar surface area (TPSA) is 37.3 Å². The molecule has 1 N–H and O–H groups in total. The molecule has 1 atom stereocenters. The summed E-state index contributed by atoms with van der Waals surface area (Å²) in [6.07, 6.45) is 7.48. The van der Waals surface area contributed by atoms with Crippen LogP contribution in [0.5, 0.6) is 0 Å². The average molecular weight is 218 g/mol. The lowest BCUT2D eigenvalue weighted by atomic mass is 9.98. The van der Waals surface area contributed by atoms with Crippen LogP contribution in [-0.4, -0.2) is 16.8 Å². The molecule has 0 aromatic carbocycles. The smallest absolute Gasteiger partial charge is 0.306 e. The zero-order valence-electron chi connectivity index (χ0n) is 9.04. The molecule has 0 rings (SSSR count). The van der Waals surface area contributed by atoms with Gasteiger partial charge in [-0.2, -0.15) is 12.6 Å². The second kappa shape index (κ2) is 9.38. The number of rotatable bonds is 9. The molecule has 0 saturated heterocycles. The summed E-state index contributed by atoms with van der Waals surface area (Å²) in [5.41, 5.74) is 0. The zero-order valence-corrected chi connectivity index (χ0v) is 9.93. The van der Waals surface area contributed by atoms with E-state index in [4.69, 9.17) is 5.11 Å². The fourth-order valence-electron chi connectivity index (χ4n) is 1.54. The van der Waals surface area contributed by atoms with Crippen LogP contribution in [0.25, 0.3) is 0 Å². The molecule has 0 spiro atoms. The van der Waals surface area contributed by atoms with E-state index in [-0.39, 0.29) is 5.92 Å². The van der Waals surface area contributed by atoms with Crippen LogP contribution >= 0.6 is 12.6 Å². The lowest BCUT2D eigenvalue weighted by molar-refractivity contribution is -0.142. The lowest BCUT2D eigenvalue weighted by Crippen LogP contribution is -2.14. The summed E-state index contributed by atoms with van der Waals surface area (Å²) < 4.78 is 0. The van der Waals surface area contributed by atoms with Crippen molar-refractivity contribution in [2.45, 2.75) is 51.9 Å². The van der Waals surface area contributed by atoms with Gasteiger partial charge in [-0.25, -0.2) is 0 Å². The van der Waals surface area contributed by atoms with Crippen molar-refractivity contribution in [3.63, 3.8) is 0 Å². The Labute approximate surface area is 92.5 Å². The molecule has 84 valence electrons. The number of aliphatic carboxylic acids is 1. The number of carboxylic acid groups (broad SMARTS) is 1. The molecule has 3 heteroatoms. The highest BCUT2D eigenvalue weighted by atomic mass is 32.1. The quantitative estimate of drug-likeness (QED) is 0.460. The van der Waals surface area contributed by atoms with Crippen LogP contribution in [0.2, 0.25) is 0 Å². The van der Waals surface area contributed by atoms with Gasteiger partial charge in [-0.15, -0.1) is 0 Å². The Balaban J connectivity index is 3.46. The SMILES string of the molecule is CCCCCCCC(CCS)C(=O)O. The van der Waals surface area contributed by atoms with Gasteiger partial charge in [0, 0.05) is 0 Å². The van der Waals surface area contributed by atoms with Gasteiger partial charge in [0.1, 0.15) is 0 Å². The minimum absolute atomic E-state index is 0.172. The Hall–Kier alpha value is -0.180. The van der Waals surface area contributed by atoms with Crippen LogP contribution in [0.15, 0.2) is 0 Å². The molecular weight excluding hydrogens is 196 g/mol. The molecule has 0 saturated carbocycles. The highest BCUT2D eigenvalue weighted by Crippen LogP contribution is 2.15. The Morgan fingerprint density at radius 1 is 1.21 bits per heavy atom. The van der Waals surface area contributed by atoms with E-state index in [1.54, 1.807) is 0 Å². The van der Waals surface area contributed by atoms with Crippen molar-refractivity contribution in [2.24, 2.45) is 5.92 Å². The molecule has 0 aliphatic rings. The van der Waals surface area contributed by atoms with Gasteiger partial charge >= 0.3 is 5.97 Å². The fraction of sp³-hybridized carbons (Fsp3) is 0.909. The Morgan fingerprint density at radius 2 is 1.86 bits per heavy atom. The summed E-state index contributed by atoms with van der Waals surface area (Å²) in [5, 5.41) is 8.87. The number of unbranched alkanes of at least 4 members (excludes halogenated alkanes) is 4. The maximum Gasteiger partial charge on any atom is 0.306 e. The third-order valence-corrected chi connectivity index (χ3v) is 2.74. The van der Waals surface area contributed by atoms with Crippen molar-refractivity contribution >= 4 is 18.6 Å². The predicted molar refractivity (Wildman–Crippen MR) is 63.0 cm³/mol. The van der Waals surface area contributed by atoms with Crippen LogP contribution in [0.3, 0.4) is 0 Å². The minimum Gasteiger partial charge on any atom is -0.481 e. The molecule has 0 aliphatic carbocycles. The summed E-state index contributed by atoms with van der Waals surface area (Å²) in [6, 6.07) is 0. The maximum absolute atomic E-state index is 10.8. The Kier molecular flexibility index (Phi) is 9.26. The van der Waals surface area contributed by atoms with E-state index in [0.717, 1.165) is 12.8 Å². The van der Waals surface area contributed by atoms with Gasteiger partial charge in [0.2, 0.25) is 0 Å². The monoisotopic (exact) mass is 218 g/mol. The largest absolute Gasteiger partial charge is 0.481 e. The van der Waals surface area contributed by atoms with Crippen molar-refractivity contribution in [1.82, 2.24) is 0 Å². The maximum atomic E-state index is 10.8. The summed E-state index contributed by atoms with van der Waals surface area (Å²) in [6.45, 7) is 2.18. The van der Waals surface area contributed by atoms with E-state index in [2.05, 4.69) is 19.6 Å². The van der Waals surface area contributed by atoms with E-state index >= 15 is 0 Å². The van der Waals surface area contributed by atoms with Gasteiger partial charge in [-0.3, -0.25) is 4.79 Å². The first kappa shape index (κ1) is 13.8. The molecule has 0 aromatic rings. The van der Waals surface area contributed by atoms with Gasteiger partial charge in [-0.05, 0) is 18.6 Å². The van der Waals surface area contributed by atoms with Crippen LogP contribution in [0, 0.1) is 5.92 Å². The first-order valence-electron chi connectivity index (χ1n) is 5.56. The van der Waals surface area contributed by atoms with Crippen molar-refractivity contribution in [1.29, 1.82) is 0 Å². The molecule has 0 aliphatic heterocycles. The van der Waals surface area contributed by atoms with Crippen molar-refractivity contribution in [3.8, 4) is 0 Å². The summed E-state index contributed by atoms with van der Waals surface area (Å²) in [4.78, 5) is 10.8. The molecule has 0 fully saturated rings. The fourth-order valence-corrected chi connectivity index (χ4v) is 1.85.